The lowest BCUT2D eigenvalue weighted by molar-refractivity contribution is -0.385. The third-order valence-corrected chi connectivity index (χ3v) is 11.1. The predicted molar refractivity (Wildman–Crippen MR) is 265 cm³/mol. The Labute approximate surface area is 417 Å². The second kappa shape index (κ2) is 25.3. The number of nitro benzene ring substituents is 2. The molecule has 0 aliphatic carbocycles. The van der Waals surface area contributed by atoms with Crippen LogP contribution in [0.4, 0.5) is 28.4 Å². The molecule has 2 amide bonds. The number of carbonyl (C=O) groups is 4. The molecule has 4 aromatic carbocycles. The van der Waals surface area contributed by atoms with Gasteiger partial charge in [-0.2, -0.15) is 10.2 Å². The molecule has 23 heteroatoms. The van der Waals surface area contributed by atoms with Crippen LogP contribution in [0.1, 0.15) is 54.2 Å². The van der Waals surface area contributed by atoms with Crippen molar-refractivity contribution >= 4 is 92.2 Å². The number of esters is 2. The number of benzene rings is 4. The topological polar surface area (TPSA) is 234 Å². The van der Waals surface area contributed by atoms with E-state index in [4.69, 9.17) is 44.3 Å². The van der Waals surface area contributed by atoms with Gasteiger partial charge in [-0.1, -0.05) is 48.3 Å². The third kappa shape index (κ3) is 13.4. The number of hydrazone groups is 1. The number of non-ortho nitro benzene ring substituents is 2. The maximum absolute atomic E-state index is 13.4. The van der Waals surface area contributed by atoms with Crippen molar-refractivity contribution in [3.63, 3.8) is 0 Å². The molecule has 0 radical (unpaired) electrons. The minimum atomic E-state index is -0.661. The number of hydrogen-bond donors (Lipinski definition) is 1. The molecule has 70 heavy (non-hydrogen) atoms. The molecule has 20 nitrogen and oxygen atoms in total. The van der Waals surface area contributed by atoms with Gasteiger partial charge in [0.05, 0.1) is 53.3 Å². The Kier molecular flexibility index (Phi) is 19.3. The number of hydrogen-bond acceptors (Lipinski definition) is 15. The molecule has 0 atom stereocenters. The van der Waals surface area contributed by atoms with Crippen LogP contribution in [0.3, 0.4) is 0 Å². The molecule has 0 saturated carbocycles. The monoisotopic (exact) mass is 1020 g/mol. The molecule has 368 valence electrons. The summed E-state index contributed by atoms with van der Waals surface area (Å²) in [5.74, 6) is -1.68. The molecule has 0 bridgehead atoms. The molecular weight excluding hydrogens is 973 g/mol. The van der Waals surface area contributed by atoms with E-state index in [1.807, 2.05) is 11.0 Å². The van der Waals surface area contributed by atoms with Crippen LogP contribution in [-0.2, 0) is 30.2 Å². The summed E-state index contributed by atoms with van der Waals surface area (Å²) in [6.45, 7) is 7.39. The van der Waals surface area contributed by atoms with Gasteiger partial charge in [0.25, 0.3) is 23.2 Å². The highest BCUT2D eigenvalue weighted by molar-refractivity contribution is 6.82. The van der Waals surface area contributed by atoms with Crippen molar-refractivity contribution < 1.29 is 43.2 Å². The standard InChI is InChI=1S/C21H17ClN4O5.C15H17N3O4.C10H10Cl2N2O2.CH4/c1-2-31-21(28)18-17-11-12-24(14-7-9-16(10-8-14)26(29)30)20(27)19(17)25(23-18)15-5-3-13(22)4-6-15;19-15-14(16-8-10-22-11-9-16)2-1-7-17(15)12-3-5-13(6-4-12)18(20)21;1-2-16-10(15)9(12)14-13-8-5-3-7(11)4-6-8;/h3-10H,2,11-12H2,1H3;2-6H,1,7-11H2;3-6,13H,2H2,1H3;1H4/b;;14-9-;. The second-order valence-electron chi connectivity index (χ2n) is 14.7. The predicted octanol–water partition coefficient (Wildman–Crippen LogP) is 8.86. The molecule has 5 aromatic rings. The number of nitrogens with zero attached hydrogens (tertiary/aromatic N) is 8. The van der Waals surface area contributed by atoms with E-state index in [9.17, 15) is 39.4 Å². The number of carbonyl (C=O) groups excluding carboxylic acids is 4. The molecule has 0 spiro atoms. The Balaban J connectivity index is 0.000000206. The zero-order valence-corrected chi connectivity index (χ0v) is 39.4. The summed E-state index contributed by atoms with van der Waals surface area (Å²) in [5.41, 5.74) is 6.57. The van der Waals surface area contributed by atoms with E-state index in [0.717, 1.165) is 6.42 Å². The SMILES string of the molecule is C.CCOC(=O)/C(Cl)=N/Nc1ccc(Cl)cc1.CCOC(=O)c1nn(-c2ccc(Cl)cc2)c2c1CCN(c1ccc([N+](=O)[O-])cc1)C2=O.O=C1C(N2CCOCC2)=CCCN1c1ccc([N+](=O)[O-])cc1. The highest BCUT2D eigenvalue weighted by Gasteiger charge is 2.36. The maximum Gasteiger partial charge on any atom is 0.370 e. The van der Waals surface area contributed by atoms with Crippen molar-refractivity contribution in [1.82, 2.24) is 14.7 Å². The number of halogens is 3. The Morgan fingerprint density at radius 3 is 1.79 bits per heavy atom. The normalized spacial score (nSPS) is 14.3. The molecule has 1 fully saturated rings. The number of anilines is 3. The van der Waals surface area contributed by atoms with E-state index in [1.54, 1.807) is 79.4 Å². The molecule has 0 unspecified atom stereocenters. The highest BCUT2D eigenvalue weighted by Crippen LogP contribution is 2.31. The molecule has 1 N–H and O–H groups in total. The van der Waals surface area contributed by atoms with Gasteiger partial charge in [0, 0.05) is 77.4 Å². The first-order chi connectivity index (χ1) is 33.2. The van der Waals surface area contributed by atoms with Crippen LogP contribution in [0.25, 0.3) is 5.69 Å². The Bertz CT molecular complexity index is 2730. The van der Waals surface area contributed by atoms with Gasteiger partial charge in [0.1, 0.15) is 5.69 Å². The number of nitrogens with one attached hydrogen (secondary N) is 1. The Morgan fingerprint density at radius 2 is 1.26 bits per heavy atom. The van der Waals surface area contributed by atoms with E-state index in [-0.39, 0.29) is 60.4 Å². The van der Waals surface area contributed by atoms with Crippen LogP contribution in [0.2, 0.25) is 10.0 Å². The summed E-state index contributed by atoms with van der Waals surface area (Å²) >= 11 is 17.3. The fourth-order valence-electron chi connectivity index (χ4n) is 7.09. The van der Waals surface area contributed by atoms with Gasteiger partial charge >= 0.3 is 11.9 Å². The van der Waals surface area contributed by atoms with Gasteiger partial charge in [-0.25, -0.2) is 14.3 Å². The average Bonchev–Trinajstić information content (AvgIpc) is 3.76. The molecule has 3 aliphatic rings. The van der Waals surface area contributed by atoms with Crippen LogP contribution in [0.5, 0.6) is 0 Å². The summed E-state index contributed by atoms with van der Waals surface area (Å²) in [6.07, 6.45) is 3.12. The smallest absolute Gasteiger partial charge is 0.370 e. The minimum Gasteiger partial charge on any atom is -0.461 e. The van der Waals surface area contributed by atoms with Crippen molar-refractivity contribution in [1.29, 1.82) is 0 Å². The Morgan fingerprint density at radius 1 is 0.743 bits per heavy atom. The fourth-order valence-corrected chi connectivity index (χ4v) is 7.44. The summed E-state index contributed by atoms with van der Waals surface area (Å²) in [4.78, 5) is 75.6. The first-order valence-corrected chi connectivity index (χ1v) is 22.5. The van der Waals surface area contributed by atoms with Crippen molar-refractivity contribution in [3.8, 4) is 5.69 Å². The van der Waals surface area contributed by atoms with Crippen molar-refractivity contribution in [2.24, 2.45) is 5.10 Å². The van der Waals surface area contributed by atoms with Crippen molar-refractivity contribution in [2.75, 3.05) is 67.8 Å². The summed E-state index contributed by atoms with van der Waals surface area (Å²) in [5, 5.41) is 30.6. The fraction of sp³-hybridized carbons (Fsp3) is 0.277. The van der Waals surface area contributed by atoms with Crippen molar-refractivity contribution in [2.45, 2.75) is 34.1 Å². The zero-order valence-electron chi connectivity index (χ0n) is 37.1. The number of fused-ring (bicyclic) bond motifs is 1. The largest absolute Gasteiger partial charge is 0.461 e. The van der Waals surface area contributed by atoms with E-state index >= 15 is 0 Å². The van der Waals surface area contributed by atoms with E-state index in [1.165, 1.54) is 46.0 Å². The molecule has 1 aromatic heterocycles. The van der Waals surface area contributed by atoms with Crippen molar-refractivity contribution in [3.05, 3.63) is 156 Å². The van der Waals surface area contributed by atoms with E-state index < -0.39 is 21.8 Å². The van der Waals surface area contributed by atoms with Gasteiger partial charge < -0.3 is 28.9 Å². The lowest BCUT2D eigenvalue weighted by Gasteiger charge is -2.35. The summed E-state index contributed by atoms with van der Waals surface area (Å²) < 4.78 is 16.5. The minimum absolute atomic E-state index is 0. The van der Waals surface area contributed by atoms with Gasteiger partial charge in [-0.15, -0.1) is 0 Å². The maximum atomic E-state index is 13.4. The first kappa shape index (κ1) is 53.6. The molecular formula is C47H48Cl3N9O11. The van der Waals surface area contributed by atoms with Gasteiger partial charge in [-0.3, -0.25) is 35.2 Å². The average molecular weight is 1020 g/mol. The van der Waals surface area contributed by atoms with Crippen LogP contribution in [-0.4, -0.2) is 106 Å². The lowest BCUT2D eigenvalue weighted by Crippen LogP contribution is -2.45. The number of amides is 2. The Hall–Kier alpha value is -7.39. The lowest BCUT2D eigenvalue weighted by atomic mass is 10.0. The number of aromatic nitrogens is 2. The van der Waals surface area contributed by atoms with Crippen LogP contribution in [0.15, 0.2) is 114 Å². The van der Waals surface area contributed by atoms with Crippen LogP contribution < -0.4 is 15.2 Å². The van der Waals surface area contributed by atoms with Gasteiger partial charge in [-0.05, 0) is 99.5 Å². The van der Waals surface area contributed by atoms with E-state index in [2.05, 4.69) is 20.4 Å². The first-order valence-electron chi connectivity index (χ1n) is 21.3. The van der Waals surface area contributed by atoms with Crippen LogP contribution in [0, 0.1) is 20.2 Å². The molecule has 1 saturated heterocycles. The van der Waals surface area contributed by atoms with E-state index in [0.29, 0.717) is 89.9 Å². The second-order valence-corrected chi connectivity index (χ2v) is 15.9. The number of morpholine rings is 1. The van der Waals surface area contributed by atoms with Gasteiger partial charge in [0.2, 0.25) is 5.17 Å². The summed E-state index contributed by atoms with van der Waals surface area (Å²) in [6, 6.07) is 25.4. The highest BCUT2D eigenvalue weighted by atomic mass is 35.5. The third-order valence-electron chi connectivity index (χ3n) is 10.4. The zero-order chi connectivity index (χ0) is 49.6. The molecule has 4 heterocycles. The molecule has 8 rings (SSSR count). The van der Waals surface area contributed by atoms with Gasteiger partial charge in [0.15, 0.2) is 5.69 Å². The molecule has 3 aliphatic heterocycles. The van der Waals surface area contributed by atoms with Crippen LogP contribution >= 0.6 is 34.8 Å². The number of rotatable bonds is 12. The summed E-state index contributed by atoms with van der Waals surface area (Å²) in [7, 11) is 0. The number of ether oxygens (including phenoxy) is 3. The number of nitro groups is 2. The quantitative estimate of drug-likeness (QED) is 0.0532.